The number of hydrogen-bond acceptors (Lipinski definition) is 7. The number of carbonyl (C=O) groups excluding carboxylic acids is 1. The van der Waals surface area contributed by atoms with Gasteiger partial charge in [0.15, 0.2) is 6.04 Å². The molecular weight excluding hydrogens is 395 g/mol. The summed E-state index contributed by atoms with van der Waals surface area (Å²) in [5.41, 5.74) is 4.92. The Bertz CT molecular complexity index is 964. The number of anilines is 1. The second-order valence-corrected chi connectivity index (χ2v) is 7.17. The van der Waals surface area contributed by atoms with Gasteiger partial charge in [-0.05, 0) is 25.1 Å². The Balaban J connectivity index is 1.77. The van der Waals surface area contributed by atoms with E-state index in [2.05, 4.69) is 15.3 Å². The second kappa shape index (κ2) is 7.12. The average Bonchev–Trinajstić information content (AvgIpc) is 3.10. The van der Waals surface area contributed by atoms with Crippen molar-refractivity contribution < 1.29 is 22.7 Å². The van der Waals surface area contributed by atoms with E-state index in [0.717, 1.165) is 11.3 Å². The van der Waals surface area contributed by atoms with Crippen molar-refractivity contribution in [1.82, 2.24) is 4.98 Å². The number of alkyl halides is 3. The van der Waals surface area contributed by atoms with Gasteiger partial charge < -0.3 is 15.8 Å². The van der Waals surface area contributed by atoms with E-state index < -0.39 is 36.2 Å². The molecular formula is C17H14F3N5O2S. The SMILES string of the molecule is C[C@@]1(c2cc(NC(=O)c3ccc(C#N)cn3)cs2)C[C@@H](C(F)(F)F)N=C(N)O1. The normalized spacial score (nSPS) is 22.0. The molecule has 0 bridgehead atoms. The molecule has 11 heteroatoms. The standard InChI is InChI=1S/C17H14F3N5O2S/c1-16(5-12(17(18,19)20)25-15(22)27-16)13-4-10(8-28-13)24-14(26)11-3-2-9(6-21)7-23-11/h2-4,7-8,12H,5H2,1H3,(H2,22,25)(H,24,26)/t12-,16-/m0/s1. The first-order chi connectivity index (χ1) is 13.1. The molecule has 2 atom stereocenters. The lowest BCUT2D eigenvalue weighted by Crippen LogP contribution is -2.45. The number of nitrogens with zero attached hydrogens (tertiary/aromatic N) is 3. The maximum absolute atomic E-state index is 13.1. The van der Waals surface area contributed by atoms with Gasteiger partial charge in [0, 0.05) is 18.0 Å². The number of rotatable bonds is 3. The minimum absolute atomic E-state index is 0.0976. The van der Waals surface area contributed by atoms with Crippen LogP contribution in [0, 0.1) is 11.3 Å². The largest absolute Gasteiger partial charge is 0.453 e. The Hall–Kier alpha value is -3.13. The Morgan fingerprint density at radius 3 is 2.86 bits per heavy atom. The molecule has 2 aromatic rings. The van der Waals surface area contributed by atoms with Crippen LogP contribution in [0.25, 0.3) is 0 Å². The van der Waals surface area contributed by atoms with Crippen molar-refractivity contribution in [3.8, 4) is 6.07 Å². The average molecular weight is 409 g/mol. The Kier molecular flexibility index (Phi) is 4.99. The minimum Gasteiger partial charge on any atom is -0.453 e. The van der Waals surface area contributed by atoms with E-state index in [1.807, 2.05) is 6.07 Å². The highest BCUT2D eigenvalue weighted by Gasteiger charge is 2.49. The summed E-state index contributed by atoms with van der Waals surface area (Å²) in [6, 6.07) is 3.79. The maximum Gasteiger partial charge on any atom is 0.411 e. The third-order valence-electron chi connectivity index (χ3n) is 4.08. The molecule has 3 N–H and O–H groups in total. The lowest BCUT2D eigenvalue weighted by molar-refractivity contribution is -0.163. The summed E-state index contributed by atoms with van der Waals surface area (Å²) in [4.78, 5) is 19.9. The van der Waals surface area contributed by atoms with Gasteiger partial charge in [0.25, 0.3) is 11.9 Å². The van der Waals surface area contributed by atoms with Crippen molar-refractivity contribution in [2.45, 2.75) is 31.2 Å². The van der Waals surface area contributed by atoms with Gasteiger partial charge >= 0.3 is 6.18 Å². The number of amidine groups is 1. The van der Waals surface area contributed by atoms with Crippen LogP contribution in [-0.4, -0.2) is 29.1 Å². The molecule has 0 spiro atoms. The fourth-order valence-corrected chi connectivity index (χ4v) is 3.63. The van der Waals surface area contributed by atoms with Crippen LogP contribution < -0.4 is 11.1 Å². The lowest BCUT2D eigenvalue weighted by Gasteiger charge is -2.36. The molecule has 2 aromatic heterocycles. The number of nitrogens with two attached hydrogens (primary N) is 1. The van der Waals surface area contributed by atoms with Crippen LogP contribution in [0.4, 0.5) is 18.9 Å². The van der Waals surface area contributed by atoms with Crippen molar-refractivity contribution in [3.63, 3.8) is 0 Å². The Morgan fingerprint density at radius 2 is 2.25 bits per heavy atom. The first-order valence-electron chi connectivity index (χ1n) is 7.96. The smallest absolute Gasteiger partial charge is 0.411 e. The van der Waals surface area contributed by atoms with Gasteiger partial charge in [-0.1, -0.05) is 0 Å². The van der Waals surface area contributed by atoms with Crippen LogP contribution in [0.3, 0.4) is 0 Å². The Morgan fingerprint density at radius 1 is 1.50 bits per heavy atom. The summed E-state index contributed by atoms with van der Waals surface area (Å²) in [7, 11) is 0. The third-order valence-corrected chi connectivity index (χ3v) is 5.25. The fourth-order valence-electron chi connectivity index (χ4n) is 2.68. The molecule has 3 heterocycles. The number of thiophene rings is 1. The van der Waals surface area contributed by atoms with Crippen LogP contribution in [0.2, 0.25) is 0 Å². The number of hydrogen-bond donors (Lipinski definition) is 2. The van der Waals surface area contributed by atoms with E-state index in [0.29, 0.717) is 16.1 Å². The molecule has 0 unspecified atom stereocenters. The number of aromatic nitrogens is 1. The van der Waals surface area contributed by atoms with Gasteiger partial charge in [0.1, 0.15) is 17.4 Å². The number of nitriles is 1. The van der Waals surface area contributed by atoms with Crippen molar-refractivity contribution in [2.24, 2.45) is 10.7 Å². The highest BCUT2D eigenvalue weighted by Crippen LogP contribution is 2.42. The Labute approximate surface area is 161 Å². The summed E-state index contributed by atoms with van der Waals surface area (Å²) in [6.07, 6.45) is -3.70. The highest BCUT2D eigenvalue weighted by atomic mass is 32.1. The fraction of sp³-hybridized carbons (Fsp3) is 0.294. The third kappa shape index (κ3) is 4.07. The summed E-state index contributed by atoms with van der Waals surface area (Å²) >= 11 is 1.13. The van der Waals surface area contributed by atoms with Crippen LogP contribution >= 0.6 is 11.3 Å². The van der Waals surface area contributed by atoms with Crippen molar-refractivity contribution in [3.05, 3.63) is 45.9 Å². The zero-order valence-corrected chi connectivity index (χ0v) is 15.3. The minimum atomic E-state index is -4.54. The molecule has 146 valence electrons. The van der Waals surface area contributed by atoms with Gasteiger partial charge in [-0.15, -0.1) is 11.3 Å². The number of pyridine rings is 1. The first kappa shape index (κ1) is 19.6. The second-order valence-electron chi connectivity index (χ2n) is 6.26. The summed E-state index contributed by atoms with van der Waals surface area (Å²) < 4.78 is 44.7. The maximum atomic E-state index is 13.1. The molecule has 1 aliphatic rings. The van der Waals surface area contributed by atoms with Crippen molar-refractivity contribution in [2.75, 3.05) is 5.32 Å². The molecule has 0 aliphatic carbocycles. The molecule has 1 amide bonds. The summed E-state index contributed by atoms with van der Waals surface area (Å²) in [6.45, 7) is 1.49. The van der Waals surface area contributed by atoms with E-state index in [4.69, 9.17) is 15.7 Å². The molecule has 0 radical (unpaired) electrons. The van der Waals surface area contributed by atoms with Crippen LogP contribution in [-0.2, 0) is 10.3 Å². The quantitative estimate of drug-likeness (QED) is 0.809. The van der Waals surface area contributed by atoms with Crippen LogP contribution in [0.15, 0.2) is 34.8 Å². The number of halogens is 3. The predicted molar refractivity (Wildman–Crippen MR) is 95.7 cm³/mol. The van der Waals surface area contributed by atoms with E-state index in [-0.39, 0.29) is 5.69 Å². The summed E-state index contributed by atoms with van der Waals surface area (Å²) in [5.74, 6) is -0.516. The molecule has 0 saturated heterocycles. The van der Waals surface area contributed by atoms with Crippen LogP contribution in [0.1, 0.15) is 34.3 Å². The number of nitrogens with one attached hydrogen (secondary N) is 1. The van der Waals surface area contributed by atoms with Gasteiger partial charge in [-0.3, -0.25) is 4.79 Å². The van der Waals surface area contributed by atoms with Crippen LogP contribution in [0.5, 0.6) is 0 Å². The number of aliphatic imine (C=N–C) groups is 1. The molecule has 1 aliphatic heterocycles. The zero-order chi connectivity index (χ0) is 20.5. The monoisotopic (exact) mass is 409 g/mol. The zero-order valence-electron chi connectivity index (χ0n) is 14.4. The van der Waals surface area contributed by atoms with Crippen molar-refractivity contribution in [1.29, 1.82) is 5.26 Å². The predicted octanol–water partition coefficient (Wildman–Crippen LogP) is 3.15. The van der Waals surface area contributed by atoms with Gasteiger partial charge in [-0.25, -0.2) is 9.98 Å². The van der Waals surface area contributed by atoms with Gasteiger partial charge in [0.05, 0.1) is 16.1 Å². The van der Waals surface area contributed by atoms with E-state index in [9.17, 15) is 18.0 Å². The van der Waals surface area contributed by atoms with Gasteiger partial charge in [-0.2, -0.15) is 18.4 Å². The van der Waals surface area contributed by atoms with E-state index in [1.165, 1.54) is 31.3 Å². The lowest BCUT2D eigenvalue weighted by atomic mass is 9.93. The number of amides is 1. The van der Waals surface area contributed by atoms with Gasteiger partial charge in [0.2, 0.25) is 0 Å². The molecule has 0 saturated carbocycles. The number of carbonyl (C=O) groups is 1. The molecule has 0 fully saturated rings. The first-order valence-corrected chi connectivity index (χ1v) is 8.84. The van der Waals surface area contributed by atoms with E-state index >= 15 is 0 Å². The summed E-state index contributed by atoms with van der Waals surface area (Å²) in [5, 5.41) is 12.9. The highest BCUT2D eigenvalue weighted by molar-refractivity contribution is 7.10. The molecule has 0 aromatic carbocycles. The van der Waals surface area contributed by atoms with Crippen molar-refractivity contribution >= 4 is 29.0 Å². The van der Waals surface area contributed by atoms with E-state index in [1.54, 1.807) is 5.38 Å². The molecule has 7 nitrogen and oxygen atoms in total. The molecule has 28 heavy (non-hydrogen) atoms. The molecule has 3 rings (SSSR count). The topological polar surface area (TPSA) is 113 Å². The number of ether oxygens (including phenoxy) is 1.